The summed E-state index contributed by atoms with van der Waals surface area (Å²) in [6.45, 7) is 8.65. The Labute approximate surface area is 117 Å². The highest BCUT2D eigenvalue weighted by molar-refractivity contribution is 5.44. The zero-order chi connectivity index (χ0) is 14.0. The van der Waals surface area contributed by atoms with Crippen LogP contribution in [-0.2, 0) is 0 Å². The van der Waals surface area contributed by atoms with Gasteiger partial charge in [0, 0.05) is 17.2 Å². The van der Waals surface area contributed by atoms with E-state index < -0.39 is 0 Å². The van der Waals surface area contributed by atoms with E-state index in [0.29, 0.717) is 17.7 Å². The van der Waals surface area contributed by atoms with Crippen LogP contribution in [0.2, 0.25) is 0 Å². The predicted molar refractivity (Wildman–Crippen MR) is 80.3 cm³/mol. The lowest BCUT2D eigenvalue weighted by Gasteiger charge is -2.28. The SMILES string of the molecule is CCC1CCCC(c2nc(C)c(C(C)C)c(N)n2)C1. The molecule has 1 aliphatic carbocycles. The van der Waals surface area contributed by atoms with Gasteiger partial charge >= 0.3 is 0 Å². The van der Waals surface area contributed by atoms with Gasteiger partial charge in [-0.3, -0.25) is 0 Å². The Kier molecular flexibility index (Phi) is 4.43. The van der Waals surface area contributed by atoms with Crippen LogP contribution in [0.3, 0.4) is 0 Å². The van der Waals surface area contributed by atoms with Gasteiger partial charge in [-0.25, -0.2) is 9.97 Å². The van der Waals surface area contributed by atoms with Crippen LogP contribution in [0, 0.1) is 12.8 Å². The van der Waals surface area contributed by atoms with Crippen molar-refractivity contribution in [2.24, 2.45) is 5.92 Å². The van der Waals surface area contributed by atoms with Gasteiger partial charge in [0.05, 0.1) is 0 Å². The van der Waals surface area contributed by atoms with Crippen LogP contribution in [0.15, 0.2) is 0 Å². The fraction of sp³-hybridized carbons (Fsp3) is 0.750. The van der Waals surface area contributed by atoms with Crippen molar-refractivity contribution in [3.05, 3.63) is 17.1 Å². The van der Waals surface area contributed by atoms with Gasteiger partial charge in [-0.15, -0.1) is 0 Å². The molecular weight excluding hydrogens is 234 g/mol. The molecule has 0 radical (unpaired) electrons. The fourth-order valence-electron chi connectivity index (χ4n) is 3.42. The molecule has 0 bridgehead atoms. The van der Waals surface area contributed by atoms with Gasteiger partial charge in [0.1, 0.15) is 11.6 Å². The number of hydrogen-bond donors (Lipinski definition) is 1. The molecule has 19 heavy (non-hydrogen) atoms. The van der Waals surface area contributed by atoms with E-state index in [1.807, 2.05) is 0 Å². The van der Waals surface area contributed by atoms with Crippen LogP contribution >= 0.6 is 0 Å². The lowest BCUT2D eigenvalue weighted by atomic mass is 9.79. The summed E-state index contributed by atoms with van der Waals surface area (Å²) in [6.07, 6.45) is 6.39. The lowest BCUT2D eigenvalue weighted by molar-refractivity contribution is 0.307. The Morgan fingerprint density at radius 1 is 1.26 bits per heavy atom. The Bertz CT molecular complexity index is 417. The first-order valence-corrected chi connectivity index (χ1v) is 7.66. The molecule has 3 heteroatoms. The van der Waals surface area contributed by atoms with E-state index in [9.17, 15) is 0 Å². The van der Waals surface area contributed by atoms with Crippen molar-refractivity contribution in [1.82, 2.24) is 9.97 Å². The van der Waals surface area contributed by atoms with Crippen molar-refractivity contribution >= 4 is 5.82 Å². The van der Waals surface area contributed by atoms with Gasteiger partial charge in [0.2, 0.25) is 0 Å². The van der Waals surface area contributed by atoms with E-state index in [2.05, 4.69) is 32.7 Å². The number of nitrogen functional groups attached to an aromatic ring is 1. The standard InChI is InChI=1S/C16H27N3/c1-5-12-7-6-8-13(9-12)16-18-11(4)14(10(2)3)15(17)19-16/h10,12-13H,5-9H2,1-4H3,(H2,17,18,19). The smallest absolute Gasteiger partial charge is 0.134 e. The van der Waals surface area contributed by atoms with Crippen molar-refractivity contribution in [3.63, 3.8) is 0 Å². The summed E-state index contributed by atoms with van der Waals surface area (Å²) >= 11 is 0. The van der Waals surface area contributed by atoms with Crippen LogP contribution in [0.25, 0.3) is 0 Å². The van der Waals surface area contributed by atoms with Crippen molar-refractivity contribution < 1.29 is 0 Å². The van der Waals surface area contributed by atoms with Gasteiger partial charge in [-0.1, -0.05) is 40.0 Å². The molecule has 1 heterocycles. The molecule has 1 aromatic heterocycles. The monoisotopic (exact) mass is 261 g/mol. The second kappa shape index (κ2) is 5.89. The quantitative estimate of drug-likeness (QED) is 0.888. The number of nitrogens with zero attached hydrogens (tertiary/aromatic N) is 2. The maximum Gasteiger partial charge on any atom is 0.134 e. The summed E-state index contributed by atoms with van der Waals surface area (Å²) in [5.74, 6) is 3.42. The van der Waals surface area contributed by atoms with Crippen molar-refractivity contribution in [2.75, 3.05) is 5.73 Å². The molecule has 2 unspecified atom stereocenters. The highest BCUT2D eigenvalue weighted by atomic mass is 15.0. The van der Waals surface area contributed by atoms with Gasteiger partial charge < -0.3 is 5.73 Å². The van der Waals surface area contributed by atoms with Crippen molar-refractivity contribution in [1.29, 1.82) is 0 Å². The summed E-state index contributed by atoms with van der Waals surface area (Å²) in [6, 6.07) is 0. The molecule has 2 N–H and O–H groups in total. The molecule has 2 rings (SSSR count). The second-order valence-electron chi connectivity index (χ2n) is 6.26. The number of anilines is 1. The first kappa shape index (κ1) is 14.3. The number of nitrogens with two attached hydrogens (primary N) is 1. The highest BCUT2D eigenvalue weighted by Crippen LogP contribution is 2.37. The molecule has 0 aromatic carbocycles. The van der Waals surface area contributed by atoms with E-state index in [-0.39, 0.29) is 0 Å². The molecule has 0 spiro atoms. The van der Waals surface area contributed by atoms with Crippen LogP contribution in [0.5, 0.6) is 0 Å². The average molecular weight is 261 g/mol. The third-order valence-electron chi connectivity index (χ3n) is 4.49. The van der Waals surface area contributed by atoms with Crippen LogP contribution in [-0.4, -0.2) is 9.97 Å². The zero-order valence-electron chi connectivity index (χ0n) is 12.7. The average Bonchev–Trinajstić information content (AvgIpc) is 2.37. The maximum absolute atomic E-state index is 6.15. The Balaban J connectivity index is 2.26. The van der Waals surface area contributed by atoms with Gasteiger partial charge in [0.25, 0.3) is 0 Å². The summed E-state index contributed by atoms with van der Waals surface area (Å²) < 4.78 is 0. The lowest BCUT2D eigenvalue weighted by Crippen LogP contribution is -2.18. The molecule has 1 aromatic rings. The molecule has 0 amide bonds. The molecule has 0 saturated heterocycles. The summed E-state index contributed by atoms with van der Waals surface area (Å²) in [5, 5.41) is 0. The molecule has 2 atom stereocenters. The summed E-state index contributed by atoms with van der Waals surface area (Å²) in [7, 11) is 0. The minimum absolute atomic E-state index is 0.392. The van der Waals surface area contributed by atoms with Crippen LogP contribution in [0.1, 0.15) is 81.8 Å². The molecule has 1 aliphatic rings. The molecule has 1 fully saturated rings. The van der Waals surface area contributed by atoms with Gasteiger partial charge in [-0.2, -0.15) is 0 Å². The van der Waals surface area contributed by atoms with Crippen LogP contribution < -0.4 is 5.73 Å². The van der Waals surface area contributed by atoms with E-state index in [0.717, 1.165) is 23.0 Å². The van der Waals surface area contributed by atoms with E-state index >= 15 is 0 Å². The van der Waals surface area contributed by atoms with E-state index in [1.54, 1.807) is 0 Å². The molecular formula is C16H27N3. The third-order valence-corrected chi connectivity index (χ3v) is 4.49. The minimum Gasteiger partial charge on any atom is -0.383 e. The molecule has 3 nitrogen and oxygen atoms in total. The van der Waals surface area contributed by atoms with Crippen molar-refractivity contribution in [2.45, 2.75) is 71.6 Å². The number of aromatic nitrogens is 2. The third kappa shape index (κ3) is 3.07. The Morgan fingerprint density at radius 3 is 2.58 bits per heavy atom. The topological polar surface area (TPSA) is 51.8 Å². The normalized spacial score (nSPS) is 23.8. The molecule has 106 valence electrons. The van der Waals surface area contributed by atoms with Gasteiger partial charge in [-0.05, 0) is 31.6 Å². The largest absolute Gasteiger partial charge is 0.383 e. The van der Waals surface area contributed by atoms with Crippen molar-refractivity contribution in [3.8, 4) is 0 Å². The number of hydrogen-bond acceptors (Lipinski definition) is 3. The first-order chi connectivity index (χ1) is 9.02. The maximum atomic E-state index is 6.15. The molecule has 1 saturated carbocycles. The highest BCUT2D eigenvalue weighted by Gasteiger charge is 2.25. The van der Waals surface area contributed by atoms with Crippen LogP contribution in [0.4, 0.5) is 5.82 Å². The number of aryl methyl sites for hydroxylation is 1. The summed E-state index contributed by atoms with van der Waals surface area (Å²) in [4.78, 5) is 9.37. The molecule has 0 aliphatic heterocycles. The first-order valence-electron chi connectivity index (χ1n) is 7.66. The fourth-order valence-corrected chi connectivity index (χ4v) is 3.42. The number of rotatable bonds is 3. The second-order valence-corrected chi connectivity index (χ2v) is 6.26. The predicted octanol–water partition coefficient (Wildman–Crippen LogP) is 4.17. The Hall–Kier alpha value is -1.12. The Morgan fingerprint density at radius 2 is 2.00 bits per heavy atom. The van der Waals surface area contributed by atoms with E-state index in [1.165, 1.54) is 32.1 Å². The summed E-state index contributed by atoms with van der Waals surface area (Å²) in [5.41, 5.74) is 8.33. The zero-order valence-corrected chi connectivity index (χ0v) is 12.7. The van der Waals surface area contributed by atoms with E-state index in [4.69, 9.17) is 10.7 Å². The van der Waals surface area contributed by atoms with Gasteiger partial charge in [0.15, 0.2) is 0 Å². The minimum atomic E-state index is 0.392.